The summed E-state index contributed by atoms with van der Waals surface area (Å²) < 4.78 is 39.2. The molecule has 10 heteroatoms. The topological polar surface area (TPSA) is 86.7 Å². The van der Waals surface area contributed by atoms with Crippen LogP contribution < -0.4 is 5.32 Å². The number of rotatable bonds is 9. The van der Waals surface area contributed by atoms with Gasteiger partial charge in [0, 0.05) is 6.54 Å². The van der Waals surface area contributed by atoms with Gasteiger partial charge in [-0.25, -0.2) is 0 Å². The molecule has 1 fully saturated rings. The van der Waals surface area contributed by atoms with Gasteiger partial charge in [-0.3, -0.25) is 14.4 Å². The number of amides is 2. The number of hydrogen-bond acceptors (Lipinski definition) is 3. The van der Waals surface area contributed by atoms with Gasteiger partial charge in [0.25, 0.3) is 0 Å². The van der Waals surface area contributed by atoms with Crippen molar-refractivity contribution < 1.29 is 32.7 Å². The highest BCUT2D eigenvalue weighted by Crippen LogP contribution is 2.45. The van der Waals surface area contributed by atoms with Crippen LogP contribution in [-0.2, 0) is 27.1 Å². The van der Waals surface area contributed by atoms with Crippen molar-refractivity contribution in [3.63, 3.8) is 0 Å². The lowest BCUT2D eigenvalue weighted by atomic mass is 9.66. The Kier molecular flexibility index (Phi) is 8.30. The van der Waals surface area contributed by atoms with Gasteiger partial charge < -0.3 is 15.3 Å². The zero-order valence-electron chi connectivity index (χ0n) is 20.7. The number of nitrogens with one attached hydrogen (secondary N) is 1. The van der Waals surface area contributed by atoms with E-state index in [0.717, 1.165) is 23.3 Å². The molecule has 1 aliphatic rings. The van der Waals surface area contributed by atoms with Gasteiger partial charge in [0.05, 0.1) is 17.5 Å². The Hall–Kier alpha value is -3.85. The molecule has 0 saturated heterocycles. The van der Waals surface area contributed by atoms with Gasteiger partial charge in [-0.05, 0) is 41.7 Å². The lowest BCUT2D eigenvalue weighted by Crippen LogP contribution is -2.68. The van der Waals surface area contributed by atoms with Gasteiger partial charge >= 0.3 is 12.1 Å². The molecular weight excluding hydrogens is 533 g/mol. The summed E-state index contributed by atoms with van der Waals surface area (Å²) in [6.07, 6.45) is -4.85. The summed E-state index contributed by atoms with van der Waals surface area (Å²) in [4.78, 5) is 40.0. The van der Waals surface area contributed by atoms with Crippen LogP contribution in [0.5, 0.6) is 0 Å². The first-order valence-electron chi connectivity index (χ1n) is 12.2. The van der Waals surface area contributed by atoms with Crippen LogP contribution >= 0.6 is 11.6 Å². The molecule has 2 amide bonds. The maximum Gasteiger partial charge on any atom is 0.416 e. The Morgan fingerprint density at radius 3 is 1.87 bits per heavy atom. The maximum absolute atomic E-state index is 14.0. The number of nitrogens with zero attached hydrogens (tertiary/aromatic N) is 1. The molecular formula is C29H26ClF3N2O4. The van der Waals surface area contributed by atoms with Gasteiger partial charge in [0.15, 0.2) is 0 Å². The van der Waals surface area contributed by atoms with Crippen LogP contribution in [0.15, 0.2) is 84.9 Å². The van der Waals surface area contributed by atoms with E-state index in [1.165, 1.54) is 17.0 Å². The first-order valence-corrected chi connectivity index (χ1v) is 12.7. The Bertz CT molecular complexity index is 1270. The fourth-order valence-corrected chi connectivity index (χ4v) is 5.05. The van der Waals surface area contributed by atoms with Crippen LogP contribution in [0, 0.1) is 5.92 Å². The fraction of sp³-hybridized carbons (Fsp3) is 0.276. The van der Waals surface area contributed by atoms with Crippen molar-refractivity contribution in [1.82, 2.24) is 10.2 Å². The van der Waals surface area contributed by atoms with E-state index in [9.17, 15) is 32.7 Å². The minimum atomic E-state index is -4.53. The minimum absolute atomic E-state index is 0.159. The fourth-order valence-electron chi connectivity index (χ4n) is 4.91. The molecule has 0 unspecified atom stereocenters. The van der Waals surface area contributed by atoms with E-state index in [-0.39, 0.29) is 19.4 Å². The SMILES string of the molecule is O=C(O)C1CC(C(=O)NC(c2ccccc2)c2ccccc2)(N(Cc2ccc(C(F)(F)F)cc2)C(=O)CCl)C1. The normalized spacial score (nSPS) is 18.7. The summed E-state index contributed by atoms with van der Waals surface area (Å²) in [6, 6.07) is 22.0. The molecule has 0 aliphatic heterocycles. The highest BCUT2D eigenvalue weighted by Gasteiger charge is 2.58. The van der Waals surface area contributed by atoms with Crippen LogP contribution in [-0.4, -0.2) is 39.2 Å². The average Bonchev–Trinajstić information content (AvgIpc) is 2.90. The van der Waals surface area contributed by atoms with Crippen LogP contribution in [0.1, 0.15) is 41.1 Å². The first kappa shape index (κ1) is 28.2. The summed E-state index contributed by atoms with van der Waals surface area (Å²) in [5, 5.41) is 12.6. The molecule has 2 N–H and O–H groups in total. The zero-order chi connectivity index (χ0) is 28.2. The van der Waals surface area contributed by atoms with Crippen molar-refractivity contribution in [2.75, 3.05) is 5.88 Å². The number of carbonyl (C=O) groups is 3. The third-order valence-electron chi connectivity index (χ3n) is 7.04. The summed E-state index contributed by atoms with van der Waals surface area (Å²) in [7, 11) is 0. The summed E-state index contributed by atoms with van der Waals surface area (Å²) in [6.45, 7) is -0.217. The molecule has 1 aliphatic carbocycles. The Labute approximate surface area is 228 Å². The van der Waals surface area contributed by atoms with Gasteiger partial charge in [0.1, 0.15) is 11.4 Å². The smallest absolute Gasteiger partial charge is 0.416 e. The Balaban J connectivity index is 1.70. The van der Waals surface area contributed by atoms with Crippen LogP contribution in [0.3, 0.4) is 0 Å². The number of carboxylic acid groups (broad SMARTS) is 1. The highest BCUT2D eigenvalue weighted by molar-refractivity contribution is 6.27. The third kappa shape index (κ3) is 6.09. The Morgan fingerprint density at radius 1 is 0.923 bits per heavy atom. The van der Waals surface area contributed by atoms with E-state index in [2.05, 4.69) is 5.32 Å². The lowest BCUT2D eigenvalue weighted by molar-refractivity contribution is -0.167. The predicted octanol–water partition coefficient (Wildman–Crippen LogP) is 5.41. The maximum atomic E-state index is 14.0. The van der Waals surface area contributed by atoms with Crippen molar-refractivity contribution >= 4 is 29.4 Å². The molecule has 0 bridgehead atoms. The minimum Gasteiger partial charge on any atom is -0.481 e. The first-order chi connectivity index (χ1) is 18.5. The summed E-state index contributed by atoms with van der Waals surface area (Å²) in [5.74, 6) is -3.67. The Morgan fingerprint density at radius 2 is 1.44 bits per heavy atom. The monoisotopic (exact) mass is 558 g/mol. The van der Waals surface area contributed by atoms with E-state index >= 15 is 0 Å². The average molecular weight is 559 g/mol. The van der Waals surface area contributed by atoms with E-state index in [1.54, 1.807) is 0 Å². The largest absolute Gasteiger partial charge is 0.481 e. The molecule has 204 valence electrons. The van der Waals surface area contributed by atoms with Crippen molar-refractivity contribution in [3.8, 4) is 0 Å². The highest BCUT2D eigenvalue weighted by atomic mass is 35.5. The number of carbonyl (C=O) groups excluding carboxylic acids is 2. The van der Waals surface area contributed by atoms with Crippen LogP contribution in [0.4, 0.5) is 13.2 Å². The zero-order valence-corrected chi connectivity index (χ0v) is 21.5. The van der Waals surface area contributed by atoms with Crippen molar-refractivity contribution in [3.05, 3.63) is 107 Å². The summed E-state index contributed by atoms with van der Waals surface area (Å²) >= 11 is 5.90. The number of halogens is 4. The second-order valence-corrected chi connectivity index (χ2v) is 9.78. The van der Waals surface area contributed by atoms with Crippen LogP contribution in [0.25, 0.3) is 0 Å². The van der Waals surface area contributed by atoms with Gasteiger partial charge in [-0.15, -0.1) is 11.6 Å². The third-order valence-corrected chi connectivity index (χ3v) is 7.26. The number of benzene rings is 3. The molecule has 1 saturated carbocycles. The molecule has 39 heavy (non-hydrogen) atoms. The van der Waals surface area contributed by atoms with Crippen molar-refractivity contribution in [2.45, 2.75) is 37.1 Å². The van der Waals surface area contributed by atoms with Crippen molar-refractivity contribution in [1.29, 1.82) is 0 Å². The second kappa shape index (κ2) is 11.5. The van der Waals surface area contributed by atoms with E-state index in [0.29, 0.717) is 5.56 Å². The second-order valence-electron chi connectivity index (χ2n) is 9.51. The molecule has 3 aromatic carbocycles. The molecule has 0 atom stereocenters. The quantitative estimate of drug-likeness (QED) is 0.344. The van der Waals surface area contributed by atoms with Crippen LogP contribution in [0.2, 0.25) is 0 Å². The molecule has 0 aromatic heterocycles. The van der Waals surface area contributed by atoms with Gasteiger partial charge in [-0.2, -0.15) is 13.2 Å². The van der Waals surface area contributed by atoms with E-state index in [4.69, 9.17) is 11.6 Å². The molecule has 6 nitrogen and oxygen atoms in total. The summed E-state index contributed by atoms with van der Waals surface area (Å²) in [5.41, 5.74) is -0.509. The molecule has 0 heterocycles. The molecule has 0 radical (unpaired) electrons. The number of aliphatic carboxylic acids is 1. The van der Waals surface area contributed by atoms with E-state index in [1.807, 2.05) is 60.7 Å². The standard InChI is InChI=1S/C29H26ClF3N2O4/c30-17-24(36)35(18-19-11-13-23(14-12-19)29(31,32)33)28(15-22(16-28)26(37)38)27(39)34-25(20-7-3-1-4-8-20)21-9-5-2-6-10-21/h1-14,22,25H,15-18H2,(H,34,39)(H,37,38). The molecule has 0 spiro atoms. The van der Waals surface area contributed by atoms with Gasteiger partial charge in [0.2, 0.25) is 11.8 Å². The molecule has 3 aromatic rings. The number of hydrogen-bond donors (Lipinski definition) is 2. The number of alkyl halides is 4. The predicted molar refractivity (Wildman–Crippen MR) is 139 cm³/mol. The lowest BCUT2D eigenvalue weighted by Gasteiger charge is -2.51. The van der Waals surface area contributed by atoms with Gasteiger partial charge in [-0.1, -0.05) is 72.8 Å². The number of carboxylic acids is 1. The van der Waals surface area contributed by atoms with E-state index < -0.39 is 52.9 Å². The molecule has 4 rings (SSSR count). The van der Waals surface area contributed by atoms with Crippen molar-refractivity contribution in [2.24, 2.45) is 5.92 Å².